The quantitative estimate of drug-likeness (QED) is 0.671. The average Bonchev–Trinajstić information content (AvgIpc) is 2.36. The molecule has 1 aliphatic rings. The van der Waals surface area contributed by atoms with Gasteiger partial charge in [0.2, 0.25) is 0 Å². The molecule has 0 spiro atoms. The number of ether oxygens (including phenoxy) is 2. The van der Waals surface area contributed by atoms with Crippen LogP contribution in [0.2, 0.25) is 0 Å². The van der Waals surface area contributed by atoms with Gasteiger partial charge in [-0.25, -0.2) is 8.42 Å². The summed E-state index contributed by atoms with van der Waals surface area (Å²) in [7, 11) is -2.88. The van der Waals surface area contributed by atoms with E-state index < -0.39 is 9.84 Å². The molecule has 6 heteroatoms. The summed E-state index contributed by atoms with van der Waals surface area (Å²) in [6, 6.07) is 0. The zero-order chi connectivity index (χ0) is 12.8. The highest BCUT2D eigenvalue weighted by molar-refractivity contribution is 7.91. The normalized spacial score (nSPS) is 20.4. The molecule has 0 aromatic rings. The fourth-order valence-corrected chi connectivity index (χ4v) is 2.71. The Bertz CT molecular complexity index is 309. The first-order valence-corrected chi connectivity index (χ1v) is 7.98. The minimum Gasteiger partial charge on any atom is -0.381 e. The second-order valence-electron chi connectivity index (χ2n) is 4.44. The summed E-state index contributed by atoms with van der Waals surface area (Å²) < 4.78 is 33.7. The van der Waals surface area contributed by atoms with Crippen LogP contribution in [0.25, 0.3) is 0 Å². The maximum Gasteiger partial charge on any atom is 0.150 e. The predicted molar refractivity (Wildman–Crippen MR) is 66.7 cm³/mol. The Labute approximate surface area is 104 Å². The number of hydrogen-bond donors (Lipinski definition) is 1. The first-order valence-electron chi connectivity index (χ1n) is 6.16. The Kier molecular flexibility index (Phi) is 5.85. The van der Waals surface area contributed by atoms with E-state index in [4.69, 9.17) is 15.2 Å². The summed E-state index contributed by atoms with van der Waals surface area (Å²) in [5.41, 5.74) is 5.44. The smallest absolute Gasteiger partial charge is 0.150 e. The van der Waals surface area contributed by atoms with Crippen LogP contribution in [0.5, 0.6) is 0 Å². The van der Waals surface area contributed by atoms with Gasteiger partial charge in [-0.05, 0) is 6.42 Å². The lowest BCUT2D eigenvalue weighted by Gasteiger charge is -2.36. The van der Waals surface area contributed by atoms with Crippen molar-refractivity contribution >= 4 is 9.84 Å². The van der Waals surface area contributed by atoms with Gasteiger partial charge in [0.15, 0.2) is 0 Å². The first kappa shape index (κ1) is 14.9. The van der Waals surface area contributed by atoms with Crippen molar-refractivity contribution in [2.45, 2.75) is 31.8 Å². The maximum absolute atomic E-state index is 11.3. The molecule has 0 unspecified atom stereocenters. The SMILES string of the molecule is CCS(=O)(=O)CCCOC1(CN)CCOCC1. The van der Waals surface area contributed by atoms with Gasteiger partial charge in [-0.15, -0.1) is 0 Å². The van der Waals surface area contributed by atoms with Crippen molar-refractivity contribution in [1.82, 2.24) is 0 Å². The first-order chi connectivity index (χ1) is 8.04. The van der Waals surface area contributed by atoms with Crippen LogP contribution in [0.15, 0.2) is 0 Å². The van der Waals surface area contributed by atoms with Crippen LogP contribution in [0.1, 0.15) is 26.2 Å². The number of rotatable bonds is 7. The molecule has 0 aromatic heterocycles. The Hall–Kier alpha value is -0.170. The van der Waals surface area contributed by atoms with Crippen LogP contribution in [0.4, 0.5) is 0 Å². The Balaban J connectivity index is 2.29. The molecule has 0 atom stereocenters. The zero-order valence-electron chi connectivity index (χ0n) is 10.5. The number of sulfone groups is 1. The molecule has 0 aromatic carbocycles. The molecule has 102 valence electrons. The summed E-state index contributed by atoms with van der Waals surface area (Å²) >= 11 is 0. The Morgan fingerprint density at radius 1 is 1.35 bits per heavy atom. The molecule has 0 amide bonds. The van der Waals surface area contributed by atoms with Crippen molar-refractivity contribution in [2.24, 2.45) is 5.73 Å². The molecule has 0 radical (unpaired) electrons. The van der Waals surface area contributed by atoms with Crippen LogP contribution in [0, 0.1) is 0 Å². The van der Waals surface area contributed by atoms with Crippen LogP contribution in [-0.2, 0) is 19.3 Å². The van der Waals surface area contributed by atoms with Crippen molar-refractivity contribution < 1.29 is 17.9 Å². The summed E-state index contributed by atoms with van der Waals surface area (Å²) in [5.74, 6) is 0.392. The summed E-state index contributed by atoms with van der Waals surface area (Å²) in [5, 5.41) is 0. The third-order valence-corrected chi connectivity index (χ3v) is 5.01. The largest absolute Gasteiger partial charge is 0.381 e. The predicted octanol–water partition coefficient (Wildman–Crippen LogP) is 0.336. The molecule has 1 fully saturated rings. The zero-order valence-corrected chi connectivity index (χ0v) is 11.3. The maximum atomic E-state index is 11.3. The van der Waals surface area contributed by atoms with Gasteiger partial charge in [0.05, 0.1) is 11.4 Å². The molecule has 0 bridgehead atoms. The molecule has 5 nitrogen and oxygen atoms in total. The summed E-state index contributed by atoms with van der Waals surface area (Å²) in [6.07, 6.45) is 2.13. The standard InChI is InChI=1S/C11H23NO4S/c1-2-17(13,14)9-3-6-16-11(10-12)4-7-15-8-5-11/h2-10,12H2,1H3. The van der Waals surface area contributed by atoms with Gasteiger partial charge in [-0.1, -0.05) is 6.92 Å². The molecule has 1 aliphatic heterocycles. The van der Waals surface area contributed by atoms with E-state index in [1.165, 1.54) is 0 Å². The lowest BCUT2D eigenvalue weighted by molar-refractivity contribution is -0.104. The fourth-order valence-electron chi connectivity index (χ4n) is 1.86. The van der Waals surface area contributed by atoms with Crippen LogP contribution >= 0.6 is 0 Å². The second kappa shape index (κ2) is 6.68. The van der Waals surface area contributed by atoms with E-state index in [1.807, 2.05) is 0 Å². The van der Waals surface area contributed by atoms with Gasteiger partial charge >= 0.3 is 0 Å². The van der Waals surface area contributed by atoms with Gasteiger partial charge in [0.25, 0.3) is 0 Å². The van der Waals surface area contributed by atoms with Gasteiger partial charge in [-0.3, -0.25) is 0 Å². The average molecular weight is 265 g/mol. The molecule has 0 saturated carbocycles. The van der Waals surface area contributed by atoms with Crippen LogP contribution < -0.4 is 5.73 Å². The van der Waals surface area contributed by atoms with Crippen molar-refractivity contribution in [3.63, 3.8) is 0 Å². The third-order valence-electron chi connectivity index (χ3n) is 3.22. The molecule has 2 N–H and O–H groups in total. The lowest BCUT2D eigenvalue weighted by atomic mass is 9.94. The van der Waals surface area contributed by atoms with E-state index in [0.29, 0.717) is 32.8 Å². The monoisotopic (exact) mass is 265 g/mol. The highest BCUT2D eigenvalue weighted by Crippen LogP contribution is 2.24. The molecule has 1 heterocycles. The van der Waals surface area contributed by atoms with Gasteiger partial charge in [-0.2, -0.15) is 0 Å². The molecule has 1 rings (SSSR count). The van der Waals surface area contributed by atoms with Crippen molar-refractivity contribution in [2.75, 3.05) is 37.9 Å². The van der Waals surface area contributed by atoms with Gasteiger partial charge < -0.3 is 15.2 Å². The Morgan fingerprint density at radius 2 is 2.00 bits per heavy atom. The highest BCUT2D eigenvalue weighted by Gasteiger charge is 2.31. The van der Waals surface area contributed by atoms with E-state index in [-0.39, 0.29) is 17.1 Å². The van der Waals surface area contributed by atoms with Crippen LogP contribution in [0.3, 0.4) is 0 Å². The van der Waals surface area contributed by atoms with E-state index >= 15 is 0 Å². The van der Waals surface area contributed by atoms with Crippen molar-refractivity contribution in [3.8, 4) is 0 Å². The van der Waals surface area contributed by atoms with Gasteiger partial charge in [0, 0.05) is 45.0 Å². The minimum absolute atomic E-state index is 0.195. The minimum atomic E-state index is -2.88. The molecular weight excluding hydrogens is 242 g/mol. The molecule has 17 heavy (non-hydrogen) atoms. The van der Waals surface area contributed by atoms with E-state index in [2.05, 4.69) is 0 Å². The van der Waals surface area contributed by atoms with Crippen molar-refractivity contribution in [1.29, 1.82) is 0 Å². The van der Waals surface area contributed by atoms with Crippen LogP contribution in [-0.4, -0.2) is 51.9 Å². The number of nitrogens with two attached hydrogens (primary N) is 1. The molecule has 0 aliphatic carbocycles. The van der Waals surface area contributed by atoms with Crippen molar-refractivity contribution in [3.05, 3.63) is 0 Å². The van der Waals surface area contributed by atoms with E-state index in [9.17, 15) is 8.42 Å². The molecular formula is C11H23NO4S. The Morgan fingerprint density at radius 3 is 2.53 bits per heavy atom. The fraction of sp³-hybridized carbons (Fsp3) is 1.00. The second-order valence-corrected chi connectivity index (χ2v) is 6.91. The third kappa shape index (κ3) is 4.91. The topological polar surface area (TPSA) is 78.6 Å². The summed E-state index contributed by atoms with van der Waals surface area (Å²) in [6.45, 7) is 3.93. The van der Waals surface area contributed by atoms with E-state index in [1.54, 1.807) is 6.92 Å². The van der Waals surface area contributed by atoms with Gasteiger partial charge in [0.1, 0.15) is 9.84 Å². The number of hydrogen-bond acceptors (Lipinski definition) is 5. The summed E-state index contributed by atoms with van der Waals surface area (Å²) in [4.78, 5) is 0. The molecule has 1 saturated heterocycles. The lowest BCUT2D eigenvalue weighted by Crippen LogP contribution is -2.45. The van der Waals surface area contributed by atoms with E-state index in [0.717, 1.165) is 12.8 Å². The highest BCUT2D eigenvalue weighted by atomic mass is 32.2.